The topological polar surface area (TPSA) is 26.3 Å². The minimum Gasteiger partial charge on any atom is -0.462 e. The first-order valence-corrected chi connectivity index (χ1v) is 7.83. The van der Waals surface area contributed by atoms with Crippen LogP contribution in [0.3, 0.4) is 0 Å². The van der Waals surface area contributed by atoms with E-state index in [0.29, 0.717) is 12.2 Å². The Balaban J connectivity index is 2.04. The fourth-order valence-corrected chi connectivity index (χ4v) is 2.12. The largest absolute Gasteiger partial charge is 0.462 e. The van der Waals surface area contributed by atoms with Crippen molar-refractivity contribution in [3.05, 3.63) is 35.4 Å². The molecule has 0 bridgehead atoms. The molecule has 1 aromatic carbocycles. The van der Waals surface area contributed by atoms with Crippen LogP contribution in [0.25, 0.3) is 0 Å². The first kappa shape index (κ1) is 16.7. The van der Waals surface area contributed by atoms with Gasteiger partial charge in [-0.2, -0.15) is 0 Å². The first-order valence-electron chi connectivity index (χ1n) is 7.83. The summed E-state index contributed by atoms with van der Waals surface area (Å²) in [6.45, 7) is 7.08. The predicted octanol–water partition coefficient (Wildman–Crippen LogP) is 5.15. The predicted molar refractivity (Wildman–Crippen MR) is 84.0 cm³/mol. The van der Waals surface area contributed by atoms with E-state index in [1.54, 1.807) is 0 Å². The number of rotatable bonds is 9. The molecule has 1 rings (SSSR count). The van der Waals surface area contributed by atoms with E-state index >= 15 is 0 Å². The van der Waals surface area contributed by atoms with Crippen molar-refractivity contribution in [2.24, 2.45) is 5.92 Å². The van der Waals surface area contributed by atoms with Crippen LogP contribution in [0.4, 0.5) is 0 Å². The highest BCUT2D eigenvalue weighted by Gasteiger charge is 2.05. The summed E-state index contributed by atoms with van der Waals surface area (Å²) in [4.78, 5) is 11.7. The average Bonchev–Trinajstić information content (AvgIpc) is 2.42. The van der Waals surface area contributed by atoms with E-state index in [-0.39, 0.29) is 5.97 Å². The van der Waals surface area contributed by atoms with Gasteiger partial charge in [-0.3, -0.25) is 0 Å². The van der Waals surface area contributed by atoms with E-state index in [2.05, 4.69) is 13.8 Å². The summed E-state index contributed by atoms with van der Waals surface area (Å²) in [6.07, 6.45) is 7.31. The van der Waals surface area contributed by atoms with Crippen LogP contribution in [-0.2, 0) is 4.74 Å². The molecule has 0 aromatic heterocycles. The number of ether oxygens (including phenoxy) is 1. The molecule has 0 atom stereocenters. The molecule has 0 saturated carbocycles. The number of unbranched alkanes of at least 4 members (excludes halogenated alkanes) is 4. The van der Waals surface area contributed by atoms with Gasteiger partial charge in [0.2, 0.25) is 0 Å². The molecule has 0 unspecified atom stereocenters. The van der Waals surface area contributed by atoms with Crippen LogP contribution in [-0.4, -0.2) is 12.6 Å². The Morgan fingerprint density at radius 1 is 1.00 bits per heavy atom. The van der Waals surface area contributed by atoms with E-state index in [0.717, 1.165) is 24.3 Å². The van der Waals surface area contributed by atoms with Gasteiger partial charge in [0.15, 0.2) is 0 Å². The molecule has 2 nitrogen and oxygen atoms in total. The molecule has 2 heteroatoms. The van der Waals surface area contributed by atoms with Crippen LogP contribution in [0.15, 0.2) is 24.3 Å². The van der Waals surface area contributed by atoms with Crippen LogP contribution < -0.4 is 0 Å². The smallest absolute Gasteiger partial charge is 0.338 e. The molecule has 0 aliphatic rings. The second kappa shape index (κ2) is 9.57. The Morgan fingerprint density at radius 3 is 2.25 bits per heavy atom. The van der Waals surface area contributed by atoms with Gasteiger partial charge in [0.05, 0.1) is 12.2 Å². The lowest BCUT2D eigenvalue weighted by Gasteiger charge is -2.06. The maximum Gasteiger partial charge on any atom is 0.338 e. The van der Waals surface area contributed by atoms with Crippen LogP contribution >= 0.6 is 0 Å². The van der Waals surface area contributed by atoms with Gasteiger partial charge in [-0.05, 0) is 31.4 Å². The molecular formula is C18H28O2. The molecule has 0 aliphatic heterocycles. The lowest BCUT2D eigenvalue weighted by Crippen LogP contribution is -2.06. The van der Waals surface area contributed by atoms with Crippen molar-refractivity contribution in [3.8, 4) is 0 Å². The Bertz CT molecular complexity index is 379. The van der Waals surface area contributed by atoms with Gasteiger partial charge in [-0.1, -0.05) is 63.6 Å². The maximum absolute atomic E-state index is 11.7. The van der Waals surface area contributed by atoms with Crippen LogP contribution in [0.1, 0.15) is 68.3 Å². The number of carbonyl (C=O) groups excluding carboxylic acids is 1. The minimum atomic E-state index is -0.204. The molecule has 0 radical (unpaired) electrons. The minimum absolute atomic E-state index is 0.204. The van der Waals surface area contributed by atoms with Crippen molar-refractivity contribution in [2.75, 3.05) is 6.61 Å². The third kappa shape index (κ3) is 7.32. The Morgan fingerprint density at radius 2 is 1.60 bits per heavy atom. The second-order valence-electron chi connectivity index (χ2n) is 5.95. The number of benzene rings is 1. The SMILES string of the molecule is Cc1ccc(C(=O)OCCCCCCCC(C)C)cc1. The van der Waals surface area contributed by atoms with E-state index in [1.165, 1.54) is 25.7 Å². The zero-order chi connectivity index (χ0) is 14.8. The van der Waals surface area contributed by atoms with Crippen molar-refractivity contribution < 1.29 is 9.53 Å². The molecule has 0 aliphatic carbocycles. The van der Waals surface area contributed by atoms with Gasteiger partial charge in [0.1, 0.15) is 0 Å². The number of aryl methyl sites for hydroxylation is 1. The molecule has 112 valence electrons. The summed E-state index contributed by atoms with van der Waals surface area (Å²) >= 11 is 0. The molecule has 0 spiro atoms. The highest BCUT2D eigenvalue weighted by molar-refractivity contribution is 5.89. The summed E-state index contributed by atoms with van der Waals surface area (Å²) < 4.78 is 5.27. The molecule has 0 amide bonds. The molecular weight excluding hydrogens is 248 g/mol. The van der Waals surface area contributed by atoms with Gasteiger partial charge in [-0.15, -0.1) is 0 Å². The Labute approximate surface area is 123 Å². The van der Waals surface area contributed by atoms with E-state index in [9.17, 15) is 4.79 Å². The van der Waals surface area contributed by atoms with Crippen LogP contribution in [0.5, 0.6) is 0 Å². The van der Waals surface area contributed by atoms with Crippen LogP contribution in [0, 0.1) is 12.8 Å². The lowest BCUT2D eigenvalue weighted by molar-refractivity contribution is 0.0497. The zero-order valence-electron chi connectivity index (χ0n) is 13.2. The lowest BCUT2D eigenvalue weighted by atomic mass is 10.0. The molecule has 0 N–H and O–H groups in total. The van der Waals surface area contributed by atoms with Gasteiger partial charge < -0.3 is 4.74 Å². The van der Waals surface area contributed by atoms with Crippen LogP contribution in [0.2, 0.25) is 0 Å². The third-order valence-corrected chi connectivity index (χ3v) is 3.45. The van der Waals surface area contributed by atoms with Crippen molar-refractivity contribution in [1.29, 1.82) is 0 Å². The molecule has 20 heavy (non-hydrogen) atoms. The van der Waals surface area contributed by atoms with E-state index < -0.39 is 0 Å². The van der Waals surface area contributed by atoms with Gasteiger partial charge in [0, 0.05) is 0 Å². The summed E-state index contributed by atoms with van der Waals surface area (Å²) in [5.41, 5.74) is 1.80. The first-order chi connectivity index (χ1) is 9.59. The third-order valence-electron chi connectivity index (χ3n) is 3.45. The maximum atomic E-state index is 11.7. The fraction of sp³-hybridized carbons (Fsp3) is 0.611. The summed E-state index contributed by atoms with van der Waals surface area (Å²) in [7, 11) is 0. The number of esters is 1. The molecule has 0 heterocycles. The highest BCUT2D eigenvalue weighted by atomic mass is 16.5. The second-order valence-corrected chi connectivity index (χ2v) is 5.95. The number of hydrogen-bond donors (Lipinski definition) is 0. The normalized spacial score (nSPS) is 10.8. The average molecular weight is 276 g/mol. The fourth-order valence-electron chi connectivity index (χ4n) is 2.12. The van der Waals surface area contributed by atoms with Crippen molar-refractivity contribution in [1.82, 2.24) is 0 Å². The Hall–Kier alpha value is -1.31. The number of carbonyl (C=O) groups is 1. The van der Waals surface area contributed by atoms with Crippen molar-refractivity contribution in [2.45, 2.75) is 59.3 Å². The van der Waals surface area contributed by atoms with Gasteiger partial charge in [0.25, 0.3) is 0 Å². The van der Waals surface area contributed by atoms with Gasteiger partial charge >= 0.3 is 5.97 Å². The standard InChI is InChI=1S/C18H28O2/c1-15(2)9-7-5-4-6-8-14-20-18(19)17-12-10-16(3)11-13-17/h10-13,15H,4-9,14H2,1-3H3. The molecule has 1 aromatic rings. The Kier molecular flexibility index (Phi) is 8.01. The monoisotopic (exact) mass is 276 g/mol. The quantitative estimate of drug-likeness (QED) is 0.460. The van der Waals surface area contributed by atoms with E-state index in [4.69, 9.17) is 4.74 Å². The zero-order valence-corrected chi connectivity index (χ0v) is 13.2. The molecule has 0 fully saturated rings. The van der Waals surface area contributed by atoms with Gasteiger partial charge in [-0.25, -0.2) is 4.79 Å². The van der Waals surface area contributed by atoms with Crippen molar-refractivity contribution in [3.63, 3.8) is 0 Å². The summed E-state index contributed by atoms with van der Waals surface area (Å²) in [5.74, 6) is 0.607. The summed E-state index contributed by atoms with van der Waals surface area (Å²) in [6, 6.07) is 7.52. The number of hydrogen-bond acceptors (Lipinski definition) is 2. The summed E-state index contributed by atoms with van der Waals surface area (Å²) in [5, 5.41) is 0. The van der Waals surface area contributed by atoms with Crippen molar-refractivity contribution >= 4 is 5.97 Å². The van der Waals surface area contributed by atoms with E-state index in [1.807, 2.05) is 31.2 Å². The molecule has 0 saturated heterocycles. The highest BCUT2D eigenvalue weighted by Crippen LogP contribution is 2.11.